The smallest absolute Gasteiger partial charge is 0.333 e. The van der Waals surface area contributed by atoms with Crippen molar-refractivity contribution in [2.24, 2.45) is 0 Å². The van der Waals surface area contributed by atoms with Gasteiger partial charge < -0.3 is 4.74 Å². The lowest BCUT2D eigenvalue weighted by Gasteiger charge is -2.15. The number of rotatable bonds is 3. The Bertz CT molecular complexity index is 409. The van der Waals surface area contributed by atoms with Crippen molar-refractivity contribution in [1.82, 2.24) is 0 Å². The summed E-state index contributed by atoms with van der Waals surface area (Å²) in [6, 6.07) is 4.74. The van der Waals surface area contributed by atoms with Gasteiger partial charge in [-0.3, -0.25) is 0 Å². The van der Waals surface area contributed by atoms with Crippen LogP contribution in [0.25, 0.3) is 0 Å². The molecule has 1 atom stereocenters. The first kappa shape index (κ1) is 13.2. The third kappa shape index (κ3) is 3.04. The lowest BCUT2D eigenvalue weighted by molar-refractivity contribution is -0.143. The molecular weight excluding hydrogens is 322 g/mol. The summed E-state index contributed by atoms with van der Waals surface area (Å²) in [7, 11) is 0. The second kappa shape index (κ2) is 5.43. The lowest BCUT2D eigenvalue weighted by Crippen LogP contribution is -2.11. The number of carbonyl (C=O) groups excluding carboxylic acids is 1. The zero-order valence-electron chi connectivity index (χ0n) is 9.09. The van der Waals surface area contributed by atoms with Gasteiger partial charge in [0.1, 0.15) is 11.9 Å². The van der Waals surface area contributed by atoms with Gasteiger partial charge in [0.2, 0.25) is 0 Å². The molecular formula is C12H12FIO2. The molecule has 1 rings (SSSR count). The molecule has 0 aliphatic carbocycles. The molecule has 0 aliphatic rings. The Hall–Kier alpha value is -0.910. The van der Waals surface area contributed by atoms with E-state index in [1.165, 1.54) is 6.07 Å². The Morgan fingerprint density at radius 3 is 2.69 bits per heavy atom. The first-order chi connectivity index (χ1) is 7.43. The molecule has 0 aliphatic heterocycles. The van der Waals surface area contributed by atoms with Crippen molar-refractivity contribution in [1.29, 1.82) is 0 Å². The van der Waals surface area contributed by atoms with Gasteiger partial charge in [-0.25, -0.2) is 9.18 Å². The van der Waals surface area contributed by atoms with Crippen LogP contribution in [0.15, 0.2) is 30.4 Å². The third-order valence-electron chi connectivity index (χ3n) is 2.04. The molecule has 0 saturated carbocycles. The normalized spacial score (nSPS) is 12.0. The van der Waals surface area contributed by atoms with Gasteiger partial charge in [0.25, 0.3) is 0 Å². The largest absolute Gasteiger partial charge is 0.454 e. The molecule has 0 aromatic heterocycles. The van der Waals surface area contributed by atoms with E-state index in [-0.39, 0.29) is 5.82 Å². The van der Waals surface area contributed by atoms with Gasteiger partial charge >= 0.3 is 5.97 Å². The SMILES string of the molecule is C=C(C)C(=O)OC(C)c1c(F)cccc1I. The molecule has 4 heteroatoms. The summed E-state index contributed by atoms with van der Waals surface area (Å²) in [5, 5.41) is 0. The summed E-state index contributed by atoms with van der Waals surface area (Å²) < 4.78 is 19.3. The van der Waals surface area contributed by atoms with Crippen molar-refractivity contribution in [3.63, 3.8) is 0 Å². The van der Waals surface area contributed by atoms with E-state index in [9.17, 15) is 9.18 Å². The van der Waals surface area contributed by atoms with Crippen LogP contribution in [0.1, 0.15) is 25.5 Å². The van der Waals surface area contributed by atoms with E-state index in [1.54, 1.807) is 26.0 Å². The molecule has 1 aromatic rings. The maximum absolute atomic E-state index is 13.5. The quantitative estimate of drug-likeness (QED) is 0.480. The number of carbonyl (C=O) groups is 1. The molecule has 0 heterocycles. The zero-order valence-corrected chi connectivity index (χ0v) is 11.2. The van der Waals surface area contributed by atoms with E-state index >= 15 is 0 Å². The summed E-state index contributed by atoms with van der Waals surface area (Å²) >= 11 is 2.01. The summed E-state index contributed by atoms with van der Waals surface area (Å²) in [5.74, 6) is -0.875. The minimum Gasteiger partial charge on any atom is -0.454 e. The fraction of sp³-hybridized carbons (Fsp3) is 0.250. The molecule has 0 amide bonds. The van der Waals surface area contributed by atoms with Gasteiger partial charge in [0, 0.05) is 14.7 Å². The van der Waals surface area contributed by atoms with Crippen LogP contribution < -0.4 is 0 Å². The minimum absolute atomic E-state index is 0.304. The topological polar surface area (TPSA) is 26.3 Å². The Kier molecular flexibility index (Phi) is 4.46. The van der Waals surface area contributed by atoms with Crippen LogP contribution in [0.4, 0.5) is 4.39 Å². The van der Waals surface area contributed by atoms with Crippen molar-refractivity contribution in [2.45, 2.75) is 20.0 Å². The van der Waals surface area contributed by atoms with Crippen molar-refractivity contribution in [3.05, 3.63) is 45.3 Å². The van der Waals surface area contributed by atoms with Gasteiger partial charge in [0.05, 0.1) is 0 Å². The highest BCUT2D eigenvalue weighted by Gasteiger charge is 2.18. The molecule has 0 N–H and O–H groups in total. The van der Waals surface area contributed by atoms with Crippen LogP contribution in [0, 0.1) is 9.39 Å². The number of hydrogen-bond acceptors (Lipinski definition) is 2. The average molecular weight is 334 g/mol. The third-order valence-corrected chi connectivity index (χ3v) is 2.98. The van der Waals surface area contributed by atoms with E-state index in [0.717, 1.165) is 3.57 Å². The fourth-order valence-electron chi connectivity index (χ4n) is 1.22. The van der Waals surface area contributed by atoms with E-state index in [4.69, 9.17) is 4.74 Å². The number of ether oxygens (including phenoxy) is 1. The Labute approximate surface area is 108 Å². The molecule has 0 bridgehead atoms. The van der Waals surface area contributed by atoms with Crippen LogP contribution >= 0.6 is 22.6 Å². The fourth-order valence-corrected chi connectivity index (χ4v) is 2.12. The number of halogens is 2. The van der Waals surface area contributed by atoms with Gasteiger partial charge in [-0.1, -0.05) is 12.6 Å². The lowest BCUT2D eigenvalue weighted by atomic mass is 10.1. The van der Waals surface area contributed by atoms with Gasteiger partial charge in [0.15, 0.2) is 0 Å². The van der Waals surface area contributed by atoms with Crippen molar-refractivity contribution in [3.8, 4) is 0 Å². The predicted molar refractivity (Wildman–Crippen MR) is 68.4 cm³/mol. The average Bonchev–Trinajstić information content (AvgIpc) is 2.16. The molecule has 1 unspecified atom stereocenters. The van der Waals surface area contributed by atoms with Crippen LogP contribution in [0.5, 0.6) is 0 Å². The second-order valence-electron chi connectivity index (χ2n) is 3.46. The van der Waals surface area contributed by atoms with Crippen LogP contribution in [0.3, 0.4) is 0 Å². The predicted octanol–water partition coefficient (Wildman–Crippen LogP) is 3.61. The molecule has 16 heavy (non-hydrogen) atoms. The highest BCUT2D eigenvalue weighted by atomic mass is 127. The van der Waals surface area contributed by atoms with E-state index in [0.29, 0.717) is 11.1 Å². The highest BCUT2D eigenvalue weighted by molar-refractivity contribution is 14.1. The highest BCUT2D eigenvalue weighted by Crippen LogP contribution is 2.26. The van der Waals surface area contributed by atoms with Crippen molar-refractivity contribution in [2.75, 3.05) is 0 Å². The van der Waals surface area contributed by atoms with Crippen molar-refractivity contribution < 1.29 is 13.9 Å². The van der Waals surface area contributed by atoms with E-state index in [1.807, 2.05) is 22.6 Å². The molecule has 0 fully saturated rings. The number of esters is 1. The van der Waals surface area contributed by atoms with Gasteiger partial charge in [-0.15, -0.1) is 0 Å². The minimum atomic E-state index is -0.614. The second-order valence-corrected chi connectivity index (χ2v) is 4.63. The van der Waals surface area contributed by atoms with Gasteiger partial charge in [-0.05, 0) is 48.6 Å². The molecule has 0 spiro atoms. The zero-order chi connectivity index (χ0) is 12.3. The monoisotopic (exact) mass is 334 g/mol. The molecule has 86 valence electrons. The first-order valence-corrected chi connectivity index (χ1v) is 5.81. The van der Waals surface area contributed by atoms with E-state index < -0.39 is 12.1 Å². The first-order valence-electron chi connectivity index (χ1n) is 4.74. The summed E-state index contributed by atoms with van der Waals surface area (Å²) in [4.78, 5) is 11.3. The molecule has 1 aromatic carbocycles. The Morgan fingerprint density at radius 2 is 2.19 bits per heavy atom. The van der Waals surface area contributed by atoms with E-state index in [2.05, 4.69) is 6.58 Å². The van der Waals surface area contributed by atoms with Crippen LogP contribution in [-0.2, 0) is 9.53 Å². The molecule has 0 radical (unpaired) electrons. The number of hydrogen-bond donors (Lipinski definition) is 0. The summed E-state index contributed by atoms with van der Waals surface area (Å²) in [6.45, 7) is 6.67. The van der Waals surface area contributed by atoms with Crippen molar-refractivity contribution >= 4 is 28.6 Å². The van der Waals surface area contributed by atoms with Crippen LogP contribution in [-0.4, -0.2) is 5.97 Å². The molecule has 2 nitrogen and oxygen atoms in total. The standard InChI is InChI=1S/C12H12FIO2/c1-7(2)12(15)16-8(3)11-9(13)5-4-6-10(11)14/h4-6,8H,1H2,2-3H3. The van der Waals surface area contributed by atoms with Crippen LogP contribution in [0.2, 0.25) is 0 Å². The Morgan fingerprint density at radius 1 is 1.56 bits per heavy atom. The molecule has 0 saturated heterocycles. The Balaban J connectivity index is 2.93. The summed E-state index contributed by atoms with van der Waals surface area (Å²) in [6.07, 6.45) is -0.614. The van der Waals surface area contributed by atoms with Gasteiger partial charge in [-0.2, -0.15) is 0 Å². The number of benzene rings is 1. The summed E-state index contributed by atoms with van der Waals surface area (Å²) in [5.41, 5.74) is 0.705. The maximum Gasteiger partial charge on any atom is 0.333 e. The maximum atomic E-state index is 13.5.